The van der Waals surface area contributed by atoms with E-state index in [0.717, 1.165) is 0 Å². The van der Waals surface area contributed by atoms with Gasteiger partial charge in [0.2, 0.25) is 0 Å². The van der Waals surface area contributed by atoms with Crippen LogP contribution in [0.25, 0.3) is 6.08 Å². The maximum atomic E-state index is 13.8. The molecular weight excluding hydrogens is 520 g/mol. The van der Waals surface area contributed by atoms with Crippen LogP contribution in [0.2, 0.25) is 0 Å². The van der Waals surface area contributed by atoms with Gasteiger partial charge < -0.3 is 19.3 Å². The molecule has 0 aliphatic carbocycles. The molecule has 0 radical (unpaired) electrons. The number of esters is 1. The zero-order valence-corrected chi connectivity index (χ0v) is 22.6. The number of allylic oxidation sites excluding steroid dienone is 1. The summed E-state index contributed by atoms with van der Waals surface area (Å²) in [5.41, 5.74) is 1.79. The molecule has 2 aromatic carbocycles. The Balaban J connectivity index is 1.91. The number of carboxylic acid groups (broad SMARTS) is 1. The van der Waals surface area contributed by atoms with E-state index in [0.29, 0.717) is 44.3 Å². The van der Waals surface area contributed by atoms with Crippen LogP contribution in [0.3, 0.4) is 0 Å². The van der Waals surface area contributed by atoms with Gasteiger partial charge in [0.1, 0.15) is 6.61 Å². The second-order valence-corrected chi connectivity index (χ2v) is 9.48. The quantitative estimate of drug-likeness (QED) is 0.305. The summed E-state index contributed by atoms with van der Waals surface area (Å²) in [6.45, 7) is 9.79. The minimum atomic E-state index is -1.03. The van der Waals surface area contributed by atoms with Crippen LogP contribution >= 0.6 is 11.3 Å². The molecule has 0 spiro atoms. The Morgan fingerprint density at radius 3 is 2.49 bits per heavy atom. The normalized spacial score (nSPS) is 14.8. The maximum Gasteiger partial charge on any atom is 0.338 e. The van der Waals surface area contributed by atoms with Crippen molar-refractivity contribution in [3.8, 4) is 11.5 Å². The standard InChI is InChI=1S/C29H28N2O7S/c1-5-14-38-21-13-12-20(16-22(21)36-6-2)25-24(28(35)37-7-3)17(4)30-29-31(25)26(32)23(39-29)15-18-8-10-19(11-9-18)27(33)34/h5,8-13,15-16,25H,1,6-7,14H2,2-4H3,(H,33,34). The minimum absolute atomic E-state index is 0.147. The number of aromatic carboxylic acids is 1. The van der Waals surface area contributed by atoms with Gasteiger partial charge in [-0.25, -0.2) is 14.6 Å². The molecule has 0 saturated heterocycles. The Kier molecular flexibility index (Phi) is 8.46. The summed E-state index contributed by atoms with van der Waals surface area (Å²) in [5.74, 6) is -0.617. The Morgan fingerprint density at radius 2 is 1.85 bits per heavy atom. The van der Waals surface area contributed by atoms with Crippen LogP contribution in [0.5, 0.6) is 11.5 Å². The molecule has 1 N–H and O–H groups in total. The molecule has 2 heterocycles. The molecule has 0 bridgehead atoms. The second-order valence-electron chi connectivity index (χ2n) is 8.47. The Morgan fingerprint density at radius 1 is 1.10 bits per heavy atom. The minimum Gasteiger partial charge on any atom is -0.490 e. The summed E-state index contributed by atoms with van der Waals surface area (Å²) in [5, 5.41) is 9.17. The van der Waals surface area contributed by atoms with Gasteiger partial charge in [-0.15, -0.1) is 0 Å². The first kappa shape index (κ1) is 27.6. The lowest BCUT2D eigenvalue weighted by molar-refractivity contribution is -0.139. The van der Waals surface area contributed by atoms with Gasteiger partial charge in [-0.2, -0.15) is 0 Å². The van der Waals surface area contributed by atoms with Crippen molar-refractivity contribution in [3.05, 3.63) is 103 Å². The predicted octanol–water partition coefficient (Wildman–Crippen LogP) is 3.46. The van der Waals surface area contributed by atoms with E-state index >= 15 is 0 Å². The Bertz CT molecular complexity index is 1630. The number of benzene rings is 2. The van der Waals surface area contributed by atoms with E-state index in [4.69, 9.17) is 19.3 Å². The summed E-state index contributed by atoms with van der Waals surface area (Å²) in [7, 11) is 0. The fourth-order valence-corrected chi connectivity index (χ4v) is 5.26. The van der Waals surface area contributed by atoms with Crippen LogP contribution in [0.1, 0.15) is 48.3 Å². The average Bonchev–Trinajstić information content (AvgIpc) is 3.21. The maximum absolute atomic E-state index is 13.8. The van der Waals surface area contributed by atoms with E-state index in [-0.39, 0.29) is 29.9 Å². The number of carbonyl (C=O) groups is 2. The molecule has 10 heteroatoms. The van der Waals surface area contributed by atoms with Crippen LogP contribution in [0.15, 0.2) is 76.2 Å². The van der Waals surface area contributed by atoms with E-state index in [2.05, 4.69) is 11.6 Å². The third-order valence-corrected chi connectivity index (χ3v) is 6.90. The number of rotatable bonds is 10. The lowest BCUT2D eigenvalue weighted by atomic mass is 9.95. The number of hydrogen-bond acceptors (Lipinski definition) is 8. The molecule has 1 unspecified atom stereocenters. The van der Waals surface area contributed by atoms with E-state index < -0.39 is 18.0 Å². The van der Waals surface area contributed by atoms with Gasteiger partial charge in [-0.3, -0.25) is 9.36 Å². The number of carbonyl (C=O) groups excluding carboxylic acids is 1. The van der Waals surface area contributed by atoms with E-state index in [1.807, 2.05) is 6.92 Å². The van der Waals surface area contributed by atoms with Gasteiger partial charge in [0.15, 0.2) is 16.3 Å². The molecule has 202 valence electrons. The second kappa shape index (κ2) is 12.0. The summed E-state index contributed by atoms with van der Waals surface area (Å²) in [6.07, 6.45) is 3.30. The number of nitrogens with zero attached hydrogens (tertiary/aromatic N) is 2. The number of aromatic nitrogens is 1. The van der Waals surface area contributed by atoms with Crippen molar-refractivity contribution in [1.29, 1.82) is 0 Å². The molecule has 1 atom stereocenters. The molecular formula is C29H28N2O7S. The van der Waals surface area contributed by atoms with Crippen molar-refractivity contribution in [2.24, 2.45) is 4.99 Å². The van der Waals surface area contributed by atoms with Crippen molar-refractivity contribution in [3.63, 3.8) is 0 Å². The van der Waals surface area contributed by atoms with Gasteiger partial charge >= 0.3 is 11.9 Å². The molecule has 4 rings (SSSR count). The fourth-order valence-electron chi connectivity index (χ4n) is 4.21. The lowest BCUT2D eigenvalue weighted by Crippen LogP contribution is -2.40. The average molecular weight is 549 g/mol. The highest BCUT2D eigenvalue weighted by molar-refractivity contribution is 7.07. The first-order chi connectivity index (χ1) is 18.8. The number of hydrogen-bond donors (Lipinski definition) is 1. The number of ether oxygens (including phenoxy) is 3. The van der Waals surface area contributed by atoms with Crippen LogP contribution in [0.4, 0.5) is 0 Å². The number of fused-ring (bicyclic) bond motifs is 1. The molecule has 0 fully saturated rings. The van der Waals surface area contributed by atoms with Gasteiger partial charge in [0.25, 0.3) is 5.56 Å². The van der Waals surface area contributed by atoms with Crippen molar-refractivity contribution in [1.82, 2.24) is 4.57 Å². The van der Waals surface area contributed by atoms with Crippen LogP contribution in [-0.4, -0.2) is 41.4 Å². The molecule has 0 saturated carbocycles. The Labute approximate surface area is 228 Å². The van der Waals surface area contributed by atoms with Gasteiger partial charge in [-0.05, 0) is 62.2 Å². The van der Waals surface area contributed by atoms with E-state index in [1.54, 1.807) is 56.3 Å². The topological polar surface area (TPSA) is 116 Å². The third-order valence-electron chi connectivity index (χ3n) is 5.91. The summed E-state index contributed by atoms with van der Waals surface area (Å²) in [4.78, 5) is 43.1. The molecule has 9 nitrogen and oxygen atoms in total. The molecule has 1 aromatic heterocycles. The number of carboxylic acids is 1. The molecule has 3 aromatic rings. The molecule has 1 aliphatic heterocycles. The van der Waals surface area contributed by atoms with Crippen molar-refractivity contribution in [2.75, 3.05) is 19.8 Å². The van der Waals surface area contributed by atoms with Gasteiger partial charge in [-0.1, -0.05) is 42.2 Å². The summed E-state index contributed by atoms with van der Waals surface area (Å²) in [6, 6.07) is 10.7. The SMILES string of the molecule is C=CCOc1ccc(C2C(C(=O)OCC)=C(C)N=c3sc(=Cc4ccc(C(=O)O)cc4)c(=O)n32)cc1OCC. The molecule has 39 heavy (non-hydrogen) atoms. The molecule has 0 amide bonds. The monoisotopic (exact) mass is 548 g/mol. The van der Waals surface area contributed by atoms with E-state index in [1.165, 1.54) is 28.0 Å². The van der Waals surface area contributed by atoms with Crippen molar-refractivity contribution in [2.45, 2.75) is 26.8 Å². The highest BCUT2D eigenvalue weighted by Gasteiger charge is 2.34. The Hall–Kier alpha value is -4.44. The predicted molar refractivity (Wildman–Crippen MR) is 147 cm³/mol. The number of thiazole rings is 1. The fraction of sp³-hybridized carbons (Fsp3) is 0.241. The van der Waals surface area contributed by atoms with Gasteiger partial charge in [0.05, 0.1) is 40.6 Å². The highest BCUT2D eigenvalue weighted by atomic mass is 32.1. The zero-order valence-electron chi connectivity index (χ0n) is 21.8. The largest absolute Gasteiger partial charge is 0.490 e. The first-order valence-electron chi connectivity index (χ1n) is 12.3. The third kappa shape index (κ3) is 5.70. The van der Waals surface area contributed by atoms with Crippen LogP contribution in [-0.2, 0) is 9.53 Å². The van der Waals surface area contributed by atoms with Crippen LogP contribution in [0, 0.1) is 0 Å². The zero-order chi connectivity index (χ0) is 28.1. The first-order valence-corrected chi connectivity index (χ1v) is 13.1. The molecule has 1 aliphatic rings. The smallest absolute Gasteiger partial charge is 0.338 e. The van der Waals surface area contributed by atoms with Crippen molar-refractivity contribution >= 4 is 29.4 Å². The lowest BCUT2D eigenvalue weighted by Gasteiger charge is -2.25. The van der Waals surface area contributed by atoms with Gasteiger partial charge in [0, 0.05) is 0 Å². The van der Waals surface area contributed by atoms with E-state index in [9.17, 15) is 14.4 Å². The van der Waals surface area contributed by atoms with Crippen LogP contribution < -0.4 is 24.4 Å². The summed E-state index contributed by atoms with van der Waals surface area (Å²) >= 11 is 1.18. The highest BCUT2D eigenvalue weighted by Crippen LogP contribution is 2.36. The summed E-state index contributed by atoms with van der Waals surface area (Å²) < 4.78 is 18.8. The van der Waals surface area contributed by atoms with Crippen molar-refractivity contribution < 1.29 is 28.9 Å².